The molecule has 0 aliphatic heterocycles. The lowest BCUT2D eigenvalue weighted by Gasteiger charge is -2.32. The average Bonchev–Trinajstić information content (AvgIpc) is 3.05. The van der Waals surface area contributed by atoms with Crippen LogP contribution in [0.1, 0.15) is 50.2 Å². The number of alkyl carbamates (subject to hydrolysis) is 1. The van der Waals surface area contributed by atoms with Crippen LogP contribution in [0.3, 0.4) is 0 Å². The molecule has 48 heavy (non-hydrogen) atoms. The molecule has 0 aromatic heterocycles. The number of carbonyl (C=O) groups is 2. The molecule has 3 rings (SSSR count). The Kier molecular flexibility index (Phi) is 14.6. The molecule has 6 N–H and O–H groups in total. The molecule has 0 saturated carbocycles. The number of hydrogen-bond acceptors (Lipinski definition) is 8. The number of ether oxygens (including phenoxy) is 1. The molecular weight excluding hydrogens is 659 g/mol. The third-order valence-corrected chi connectivity index (χ3v) is 9.95. The third kappa shape index (κ3) is 11.7. The number of rotatable bonds is 18. The van der Waals surface area contributed by atoms with Crippen LogP contribution in [-0.2, 0) is 28.6 Å². The van der Waals surface area contributed by atoms with Gasteiger partial charge in [0.25, 0.3) is 0 Å². The number of carbonyl (C=O) groups excluding carboxylic acids is 2. The van der Waals surface area contributed by atoms with Crippen LogP contribution in [0.2, 0.25) is 0 Å². The maximum absolute atomic E-state index is 13.7. The summed E-state index contributed by atoms with van der Waals surface area (Å²) in [5, 5.41) is 5.55. The van der Waals surface area contributed by atoms with E-state index < -0.39 is 54.5 Å². The van der Waals surface area contributed by atoms with E-state index in [4.69, 9.17) is 15.0 Å². The second-order valence-electron chi connectivity index (χ2n) is 11.7. The Morgan fingerprint density at radius 2 is 1.48 bits per heavy atom. The fraction of sp³-hybridized carbons (Fsp3) is 0.394. The molecule has 3 aromatic rings. The van der Waals surface area contributed by atoms with Crippen molar-refractivity contribution in [1.82, 2.24) is 14.9 Å². The Bertz CT molecular complexity index is 1570. The van der Waals surface area contributed by atoms with Crippen LogP contribution in [0.25, 0.3) is 0 Å². The van der Waals surface area contributed by atoms with Gasteiger partial charge in [-0.05, 0) is 54.2 Å². The number of nitrogens with zero attached hydrogens (tertiary/aromatic N) is 1. The van der Waals surface area contributed by atoms with Gasteiger partial charge in [0, 0.05) is 30.7 Å². The van der Waals surface area contributed by atoms with Crippen molar-refractivity contribution in [3.8, 4) is 0 Å². The lowest BCUT2D eigenvalue weighted by atomic mass is 9.84. The highest BCUT2D eigenvalue weighted by Crippen LogP contribution is 2.37. The van der Waals surface area contributed by atoms with Gasteiger partial charge in [-0.1, -0.05) is 80.9 Å². The number of sulfonamides is 1. The average molecular weight is 705 g/mol. The van der Waals surface area contributed by atoms with E-state index >= 15 is 0 Å². The molecule has 15 heteroatoms. The van der Waals surface area contributed by atoms with Gasteiger partial charge < -0.3 is 30.9 Å². The van der Waals surface area contributed by atoms with E-state index in [1.165, 1.54) is 35.7 Å². The zero-order valence-corrected chi connectivity index (χ0v) is 29.0. The summed E-state index contributed by atoms with van der Waals surface area (Å²) in [6.07, 6.45) is 0.170. The van der Waals surface area contributed by atoms with E-state index in [0.717, 1.165) is 11.1 Å². The van der Waals surface area contributed by atoms with Gasteiger partial charge in [-0.2, -0.15) is 4.31 Å². The molecule has 1 unspecified atom stereocenters. The maximum atomic E-state index is 13.7. The largest absolute Gasteiger partial charge is 0.469 e. The predicted octanol–water partition coefficient (Wildman–Crippen LogP) is 4.24. The number of nitrogens with two attached hydrogens (primary N) is 1. The number of nitrogens with one attached hydrogen (secondary N) is 2. The minimum absolute atomic E-state index is 0.0127. The van der Waals surface area contributed by atoms with Crippen LogP contribution in [0.15, 0.2) is 89.8 Å². The molecule has 0 spiro atoms. The molecule has 0 saturated heterocycles. The second kappa shape index (κ2) is 18.1. The third-order valence-electron chi connectivity index (χ3n) is 7.53. The number of phosphoric acid groups is 1. The molecule has 13 nitrogen and oxygen atoms in total. The number of unbranched alkanes of at least 4 members (excludes halogenated alkanes) is 1. The second-order valence-corrected chi connectivity index (χ2v) is 14.8. The topological polar surface area (TPSA) is 198 Å². The normalized spacial score (nSPS) is 13.3. The summed E-state index contributed by atoms with van der Waals surface area (Å²) in [5.41, 5.74) is 7.75. The van der Waals surface area contributed by atoms with Crippen molar-refractivity contribution in [2.24, 2.45) is 5.92 Å². The Labute approximate surface area is 282 Å². The molecule has 262 valence electrons. The summed E-state index contributed by atoms with van der Waals surface area (Å²) in [7, 11) is -7.79. The van der Waals surface area contributed by atoms with Gasteiger partial charge in [-0.3, -0.25) is 9.32 Å². The van der Waals surface area contributed by atoms with Gasteiger partial charge in [0.1, 0.15) is 6.04 Å². The first-order valence-electron chi connectivity index (χ1n) is 15.5. The molecule has 0 radical (unpaired) electrons. The minimum atomic E-state index is -4.91. The van der Waals surface area contributed by atoms with Crippen LogP contribution in [0, 0.1) is 5.92 Å². The summed E-state index contributed by atoms with van der Waals surface area (Å²) in [5.74, 6) is -1.11. The van der Waals surface area contributed by atoms with Crippen molar-refractivity contribution in [2.45, 2.75) is 56.0 Å². The van der Waals surface area contributed by atoms with Gasteiger partial charge in [0.15, 0.2) is 0 Å². The molecule has 2 amide bonds. The molecule has 3 aromatic carbocycles. The first kappa shape index (κ1) is 38.7. The lowest BCUT2D eigenvalue weighted by Crippen LogP contribution is -2.50. The van der Waals surface area contributed by atoms with E-state index in [1.54, 1.807) is 0 Å². The quantitative estimate of drug-likeness (QED) is 0.0726. The maximum Gasteiger partial charge on any atom is 0.469 e. The highest BCUT2D eigenvalue weighted by molar-refractivity contribution is 7.89. The minimum Gasteiger partial charge on any atom is -0.453 e. The predicted molar refractivity (Wildman–Crippen MR) is 182 cm³/mol. The molecule has 0 aliphatic carbocycles. The zero-order valence-electron chi connectivity index (χ0n) is 27.3. The summed E-state index contributed by atoms with van der Waals surface area (Å²) in [6, 6.07) is 22.3. The first-order valence-corrected chi connectivity index (χ1v) is 18.5. The lowest BCUT2D eigenvalue weighted by molar-refractivity contribution is -0.123. The number of benzene rings is 3. The number of methoxy groups -OCH3 is 1. The molecule has 0 aliphatic rings. The SMILES string of the molecule is COC(=O)N[C@H](C(=O)NCCCCC(COP(=O)(O)O)N(CC(C)C)S(=O)(=O)c1ccc(N)cc1)C(c1ccccc1)c1ccccc1. The summed E-state index contributed by atoms with van der Waals surface area (Å²) in [4.78, 5) is 44.8. The summed E-state index contributed by atoms with van der Waals surface area (Å²) in [6.45, 7) is 3.37. The number of nitrogen functional groups attached to an aromatic ring is 1. The van der Waals surface area contributed by atoms with E-state index in [1.807, 2.05) is 74.5 Å². The van der Waals surface area contributed by atoms with Crippen LogP contribution in [0.4, 0.5) is 10.5 Å². The Morgan fingerprint density at radius 3 is 1.98 bits per heavy atom. The fourth-order valence-corrected chi connectivity index (χ4v) is 7.45. The van der Waals surface area contributed by atoms with E-state index in [9.17, 15) is 32.4 Å². The van der Waals surface area contributed by atoms with Crippen molar-refractivity contribution in [1.29, 1.82) is 0 Å². The van der Waals surface area contributed by atoms with Crippen LogP contribution < -0.4 is 16.4 Å². The summed E-state index contributed by atoms with van der Waals surface area (Å²) < 4.78 is 49.9. The van der Waals surface area contributed by atoms with Gasteiger partial charge in [0.05, 0.1) is 18.6 Å². The first-order chi connectivity index (χ1) is 22.7. The van der Waals surface area contributed by atoms with Crippen molar-refractivity contribution in [3.05, 3.63) is 96.1 Å². The Balaban J connectivity index is 1.78. The zero-order chi connectivity index (χ0) is 35.3. The smallest absolute Gasteiger partial charge is 0.453 e. The monoisotopic (exact) mass is 704 g/mol. The van der Waals surface area contributed by atoms with E-state index in [0.29, 0.717) is 18.5 Å². The molecule has 2 atom stereocenters. The number of hydrogen-bond donors (Lipinski definition) is 5. The van der Waals surface area contributed by atoms with E-state index in [-0.39, 0.29) is 30.3 Å². The van der Waals surface area contributed by atoms with Gasteiger partial charge >= 0.3 is 13.9 Å². The van der Waals surface area contributed by atoms with Gasteiger partial charge in [-0.15, -0.1) is 0 Å². The fourth-order valence-electron chi connectivity index (χ4n) is 5.28. The van der Waals surface area contributed by atoms with Crippen LogP contribution in [0.5, 0.6) is 0 Å². The molecule has 0 heterocycles. The molecule has 0 fully saturated rings. The molecular formula is C33H45N4O9PS. The van der Waals surface area contributed by atoms with Crippen LogP contribution >= 0.6 is 7.82 Å². The number of amides is 2. The van der Waals surface area contributed by atoms with E-state index in [2.05, 4.69) is 10.6 Å². The molecule has 0 bridgehead atoms. The number of anilines is 1. The van der Waals surface area contributed by atoms with Crippen molar-refractivity contribution in [3.63, 3.8) is 0 Å². The highest BCUT2D eigenvalue weighted by atomic mass is 32.2. The van der Waals surface area contributed by atoms with Crippen molar-refractivity contribution in [2.75, 3.05) is 32.5 Å². The van der Waals surface area contributed by atoms with Gasteiger partial charge in [0.2, 0.25) is 15.9 Å². The number of phosphoric ester groups is 1. The van der Waals surface area contributed by atoms with Gasteiger partial charge in [-0.25, -0.2) is 17.8 Å². The highest BCUT2D eigenvalue weighted by Gasteiger charge is 2.35. The Morgan fingerprint density at radius 1 is 0.917 bits per heavy atom. The Hall–Kier alpha value is -3.78. The summed E-state index contributed by atoms with van der Waals surface area (Å²) >= 11 is 0. The van der Waals surface area contributed by atoms with Crippen LogP contribution in [-0.4, -0.2) is 73.4 Å². The van der Waals surface area contributed by atoms with Crippen molar-refractivity contribution < 1.29 is 41.6 Å². The van der Waals surface area contributed by atoms with Crippen molar-refractivity contribution >= 4 is 35.5 Å². The standard InChI is InChI=1S/C33H45N4O9PS/c1-24(2)22-37(48(43,44)29-19-17-27(34)18-20-29)28(23-46-47(40,41)42)16-10-11-21-35-32(38)31(36-33(39)45-3)30(25-12-6-4-7-13-25)26-14-8-5-9-15-26/h4-9,12-15,17-20,24,28,30-31H,10-11,16,21-23,34H2,1-3H3,(H,35,38)(H,36,39)(H2,40,41,42)/t28?,31-/m0/s1.